The quantitative estimate of drug-likeness (QED) is 0.434. The molecule has 3 aliphatic rings. The van der Waals surface area contributed by atoms with Gasteiger partial charge in [-0.05, 0) is 41.2 Å². The van der Waals surface area contributed by atoms with Gasteiger partial charge in [0.1, 0.15) is 11.6 Å². The van der Waals surface area contributed by atoms with Crippen LogP contribution in [0.15, 0.2) is 54.9 Å². The van der Waals surface area contributed by atoms with E-state index in [0.29, 0.717) is 43.5 Å². The minimum Gasteiger partial charge on any atom is -0.390 e. The summed E-state index contributed by atoms with van der Waals surface area (Å²) in [6.45, 7) is 1.30. The molecule has 3 heterocycles. The predicted octanol–water partition coefficient (Wildman–Crippen LogP) is 3.82. The number of hydrogen-bond acceptors (Lipinski definition) is 7. The molecule has 3 N–H and O–H groups in total. The normalized spacial score (nSPS) is 20.1. The molecule has 0 saturated heterocycles. The molecule has 1 saturated carbocycles. The zero-order valence-corrected chi connectivity index (χ0v) is 20.3. The number of fused-ring (bicyclic) bond motifs is 4. The van der Waals surface area contributed by atoms with Crippen LogP contribution < -0.4 is 5.73 Å². The maximum atomic E-state index is 13.9. The van der Waals surface area contributed by atoms with Crippen LogP contribution >= 0.6 is 0 Å². The van der Waals surface area contributed by atoms with Gasteiger partial charge in [-0.1, -0.05) is 36.4 Å². The lowest BCUT2D eigenvalue weighted by atomic mass is 10.0. The third-order valence-corrected chi connectivity index (χ3v) is 7.77. The number of nitrogens with two attached hydrogens (primary N) is 1. The van der Waals surface area contributed by atoms with Crippen molar-refractivity contribution < 1.29 is 14.6 Å². The average Bonchev–Trinajstić information content (AvgIpc) is 3.54. The van der Waals surface area contributed by atoms with Gasteiger partial charge in [0.15, 0.2) is 0 Å². The topological polar surface area (TPSA) is 114 Å². The molecule has 2 aliphatic carbocycles. The van der Waals surface area contributed by atoms with Gasteiger partial charge in [-0.2, -0.15) is 0 Å². The third-order valence-electron chi connectivity index (χ3n) is 7.77. The van der Waals surface area contributed by atoms with E-state index >= 15 is 0 Å². The maximum absolute atomic E-state index is 13.9. The average molecular weight is 494 g/mol. The van der Waals surface area contributed by atoms with E-state index in [2.05, 4.69) is 15.0 Å². The summed E-state index contributed by atoms with van der Waals surface area (Å²) in [6, 6.07) is 13.5. The highest BCUT2D eigenvalue weighted by Gasteiger charge is 2.38. The lowest BCUT2D eigenvalue weighted by molar-refractivity contribution is 0.0384. The Balaban J connectivity index is 1.28. The van der Waals surface area contributed by atoms with Gasteiger partial charge in [0.2, 0.25) is 0 Å². The Labute approximate surface area is 214 Å². The van der Waals surface area contributed by atoms with Crippen LogP contribution in [-0.2, 0) is 30.9 Å². The summed E-state index contributed by atoms with van der Waals surface area (Å²) in [7, 11) is 0. The number of benzene rings is 2. The second-order valence-electron chi connectivity index (χ2n) is 10.3. The molecule has 7 rings (SSSR count). The minimum absolute atomic E-state index is 0.210. The van der Waals surface area contributed by atoms with Gasteiger partial charge in [0.05, 0.1) is 36.4 Å². The summed E-state index contributed by atoms with van der Waals surface area (Å²) in [4.78, 5) is 29.2. The third kappa shape index (κ3) is 3.84. The Kier molecular flexibility index (Phi) is 5.19. The van der Waals surface area contributed by atoms with E-state index in [0.717, 1.165) is 57.4 Å². The van der Waals surface area contributed by atoms with Crippen molar-refractivity contribution in [3.63, 3.8) is 0 Å². The molecule has 8 heteroatoms. The molecule has 37 heavy (non-hydrogen) atoms. The number of anilines is 1. The molecule has 4 aromatic rings. The lowest BCUT2D eigenvalue weighted by Crippen LogP contribution is -2.38. The number of aliphatic hydroxyl groups excluding tert-OH is 1. The van der Waals surface area contributed by atoms with Crippen molar-refractivity contribution >= 4 is 22.6 Å². The van der Waals surface area contributed by atoms with E-state index in [1.165, 1.54) is 0 Å². The van der Waals surface area contributed by atoms with E-state index in [1.54, 1.807) is 17.3 Å². The molecule has 0 radical (unpaired) electrons. The van der Waals surface area contributed by atoms with Gasteiger partial charge in [0.25, 0.3) is 5.91 Å². The Hall–Kier alpha value is -3.88. The highest BCUT2D eigenvalue weighted by atomic mass is 16.5. The van der Waals surface area contributed by atoms with Crippen LogP contribution in [0.25, 0.3) is 10.9 Å². The second-order valence-corrected chi connectivity index (χ2v) is 10.3. The van der Waals surface area contributed by atoms with E-state index in [1.807, 2.05) is 42.5 Å². The van der Waals surface area contributed by atoms with Gasteiger partial charge >= 0.3 is 0 Å². The highest BCUT2D eigenvalue weighted by Crippen LogP contribution is 2.39. The minimum atomic E-state index is -0.706. The van der Waals surface area contributed by atoms with Crippen molar-refractivity contribution in [3.05, 3.63) is 94.1 Å². The van der Waals surface area contributed by atoms with Crippen LogP contribution in [0.4, 0.5) is 5.82 Å². The first-order valence-corrected chi connectivity index (χ1v) is 12.7. The van der Waals surface area contributed by atoms with Crippen LogP contribution in [0, 0.1) is 0 Å². The molecule has 0 bridgehead atoms. The number of ether oxygens (including phenoxy) is 1. The number of aliphatic hydroxyl groups is 1. The lowest BCUT2D eigenvalue weighted by Gasteiger charge is -2.32. The summed E-state index contributed by atoms with van der Waals surface area (Å²) in [5.74, 6) is 1.48. The van der Waals surface area contributed by atoms with E-state index in [-0.39, 0.29) is 5.91 Å². The fourth-order valence-corrected chi connectivity index (χ4v) is 5.71. The van der Waals surface area contributed by atoms with Gasteiger partial charge in [-0.3, -0.25) is 4.79 Å². The van der Waals surface area contributed by atoms with Crippen LogP contribution in [0.2, 0.25) is 0 Å². The molecule has 0 spiro atoms. The number of pyridine rings is 1. The zero-order chi connectivity index (χ0) is 25.1. The molecule has 1 fully saturated rings. The second kappa shape index (κ2) is 8.61. The van der Waals surface area contributed by atoms with Crippen molar-refractivity contribution in [2.75, 3.05) is 5.73 Å². The van der Waals surface area contributed by atoms with E-state index in [4.69, 9.17) is 10.5 Å². The van der Waals surface area contributed by atoms with Crippen molar-refractivity contribution in [1.82, 2.24) is 19.9 Å². The first-order valence-electron chi connectivity index (χ1n) is 12.7. The number of nitrogens with zero attached hydrogens (tertiary/aromatic N) is 4. The van der Waals surface area contributed by atoms with Gasteiger partial charge < -0.3 is 20.5 Å². The molecule has 1 amide bonds. The van der Waals surface area contributed by atoms with Gasteiger partial charge in [0, 0.05) is 42.2 Å². The number of carbonyl (C=O) groups is 1. The summed E-state index contributed by atoms with van der Waals surface area (Å²) >= 11 is 0. The summed E-state index contributed by atoms with van der Waals surface area (Å²) in [5, 5.41) is 12.1. The number of amides is 1. The number of hydrogen-bond donors (Lipinski definition) is 2. The summed E-state index contributed by atoms with van der Waals surface area (Å²) in [6.07, 6.45) is 5.23. The fraction of sp³-hybridized carbons (Fsp3) is 0.310. The fourth-order valence-electron chi connectivity index (χ4n) is 5.71. The van der Waals surface area contributed by atoms with Crippen molar-refractivity contribution in [3.8, 4) is 0 Å². The van der Waals surface area contributed by atoms with Crippen LogP contribution in [0.5, 0.6) is 0 Å². The van der Waals surface area contributed by atoms with Crippen LogP contribution in [0.1, 0.15) is 68.8 Å². The molecule has 1 aliphatic heterocycles. The number of nitrogen functional groups attached to an aromatic ring is 1. The van der Waals surface area contributed by atoms with Crippen molar-refractivity contribution in [2.24, 2.45) is 0 Å². The molecular weight excluding hydrogens is 466 g/mol. The molecule has 186 valence electrons. The summed E-state index contributed by atoms with van der Waals surface area (Å²) < 4.78 is 5.61. The predicted molar refractivity (Wildman–Crippen MR) is 137 cm³/mol. The van der Waals surface area contributed by atoms with Crippen molar-refractivity contribution in [2.45, 2.75) is 57.1 Å². The Morgan fingerprint density at radius 1 is 1.08 bits per heavy atom. The number of carbonyl (C=O) groups excluding carboxylic acids is 1. The number of rotatable bonds is 5. The van der Waals surface area contributed by atoms with E-state index in [9.17, 15) is 9.90 Å². The molecule has 2 aromatic carbocycles. The molecule has 2 atom stereocenters. The zero-order valence-electron chi connectivity index (χ0n) is 20.3. The van der Waals surface area contributed by atoms with Gasteiger partial charge in [-0.15, -0.1) is 0 Å². The monoisotopic (exact) mass is 493 g/mol. The SMILES string of the molecule is Nc1nc2cc(CN(C(=O)c3cnc(C4CC4)nc3)[C@@H]3c4ccccc4C[C@H]3O)ccc2c2c1COC2. The Morgan fingerprint density at radius 3 is 2.68 bits per heavy atom. The first kappa shape index (κ1) is 22.3. The largest absolute Gasteiger partial charge is 0.390 e. The number of aromatic nitrogens is 3. The van der Waals surface area contributed by atoms with E-state index < -0.39 is 12.1 Å². The smallest absolute Gasteiger partial charge is 0.257 e. The molecule has 8 nitrogen and oxygen atoms in total. The molecular formula is C29H27N5O3. The molecule has 2 aromatic heterocycles. The Bertz CT molecular complexity index is 1530. The molecule has 0 unspecified atom stereocenters. The standard InChI is InChI=1S/C29H27N5O3/c30-27-23-15-37-14-22(23)21-8-5-16(9-24(21)33-27)13-34(26-20-4-2-1-3-18(20)10-25(26)35)29(36)19-11-31-28(32-12-19)17-6-7-17/h1-5,8-9,11-12,17,25-26,35H,6-7,10,13-15H2,(H2,30,33)/t25-,26-/m1/s1. The summed E-state index contributed by atoms with van der Waals surface area (Å²) in [5.41, 5.74) is 12.4. The van der Waals surface area contributed by atoms with Gasteiger partial charge in [-0.25, -0.2) is 15.0 Å². The maximum Gasteiger partial charge on any atom is 0.257 e. The highest BCUT2D eigenvalue weighted by molar-refractivity contribution is 5.94. The van der Waals surface area contributed by atoms with Crippen LogP contribution in [-0.4, -0.2) is 37.0 Å². The van der Waals surface area contributed by atoms with Crippen molar-refractivity contribution in [1.29, 1.82) is 0 Å². The van der Waals surface area contributed by atoms with Crippen LogP contribution in [0.3, 0.4) is 0 Å². The first-order chi connectivity index (χ1) is 18.1. The Morgan fingerprint density at radius 2 is 1.86 bits per heavy atom.